The van der Waals surface area contributed by atoms with Gasteiger partial charge in [0.05, 0.1) is 0 Å². The smallest absolute Gasteiger partial charge is 0.257 e. The second-order valence-electron chi connectivity index (χ2n) is 3.93. The fourth-order valence-corrected chi connectivity index (χ4v) is 1.43. The molecule has 0 heterocycles. The molecule has 0 fully saturated rings. The average Bonchev–Trinajstić information content (AvgIpc) is 2.35. The van der Waals surface area contributed by atoms with Crippen molar-refractivity contribution >= 4 is 5.91 Å². The van der Waals surface area contributed by atoms with Crippen LogP contribution >= 0.6 is 0 Å². The third-order valence-electron chi connectivity index (χ3n) is 2.31. The van der Waals surface area contributed by atoms with Crippen LogP contribution in [-0.4, -0.2) is 26.1 Å². The van der Waals surface area contributed by atoms with Crippen molar-refractivity contribution in [3.8, 4) is 5.75 Å². The molecule has 1 amide bonds. The van der Waals surface area contributed by atoms with Gasteiger partial charge in [-0.25, -0.2) is 4.39 Å². The highest BCUT2D eigenvalue weighted by molar-refractivity contribution is 5.77. The zero-order chi connectivity index (χ0) is 13.4. The summed E-state index contributed by atoms with van der Waals surface area (Å²) in [6.45, 7) is 2.99. The van der Waals surface area contributed by atoms with Crippen LogP contribution in [0.2, 0.25) is 0 Å². The third-order valence-corrected chi connectivity index (χ3v) is 2.31. The second-order valence-corrected chi connectivity index (χ2v) is 3.93. The molecule has 0 bridgehead atoms. The van der Waals surface area contributed by atoms with Gasteiger partial charge in [0, 0.05) is 13.1 Å². The Balaban J connectivity index is 2.49. The number of nitrogens with one attached hydrogen (secondary N) is 2. The summed E-state index contributed by atoms with van der Waals surface area (Å²) in [5.74, 6) is -0.594. The minimum atomic E-state index is -0.453. The molecule has 18 heavy (non-hydrogen) atoms. The van der Waals surface area contributed by atoms with Gasteiger partial charge in [0.15, 0.2) is 18.2 Å². The Bertz CT molecular complexity index is 397. The van der Waals surface area contributed by atoms with Gasteiger partial charge in [0.25, 0.3) is 5.91 Å². The summed E-state index contributed by atoms with van der Waals surface area (Å²) in [6, 6.07) is 4.70. The van der Waals surface area contributed by atoms with E-state index < -0.39 is 5.82 Å². The van der Waals surface area contributed by atoms with E-state index in [9.17, 15) is 9.18 Å². The zero-order valence-electron chi connectivity index (χ0n) is 10.8. The van der Waals surface area contributed by atoms with Gasteiger partial charge >= 0.3 is 0 Å². The molecule has 4 nitrogen and oxygen atoms in total. The Morgan fingerprint density at radius 3 is 2.83 bits per heavy atom. The van der Waals surface area contributed by atoms with Crippen molar-refractivity contribution in [2.45, 2.75) is 19.9 Å². The molecule has 100 valence electrons. The first-order valence-electron chi connectivity index (χ1n) is 6.00. The van der Waals surface area contributed by atoms with Crippen molar-refractivity contribution in [2.24, 2.45) is 0 Å². The maximum Gasteiger partial charge on any atom is 0.257 e. The Morgan fingerprint density at radius 1 is 1.44 bits per heavy atom. The van der Waals surface area contributed by atoms with Gasteiger partial charge in [-0.05, 0) is 31.2 Å². The number of halogens is 1. The van der Waals surface area contributed by atoms with Crippen molar-refractivity contribution in [3.05, 3.63) is 29.6 Å². The quantitative estimate of drug-likeness (QED) is 0.774. The SMILES string of the molecule is CCCNC(=O)COc1ccc(CNC)cc1F. The van der Waals surface area contributed by atoms with Gasteiger partial charge in [0.1, 0.15) is 0 Å². The molecular weight excluding hydrogens is 235 g/mol. The molecule has 0 radical (unpaired) electrons. The van der Waals surface area contributed by atoms with E-state index in [4.69, 9.17) is 4.74 Å². The number of hydrogen-bond acceptors (Lipinski definition) is 3. The molecule has 0 unspecified atom stereocenters. The van der Waals surface area contributed by atoms with Gasteiger partial charge in [-0.15, -0.1) is 0 Å². The van der Waals surface area contributed by atoms with Crippen LogP contribution in [0.5, 0.6) is 5.75 Å². The Labute approximate surface area is 107 Å². The predicted molar refractivity (Wildman–Crippen MR) is 68.0 cm³/mol. The highest BCUT2D eigenvalue weighted by Crippen LogP contribution is 2.18. The first-order valence-corrected chi connectivity index (χ1v) is 6.00. The van der Waals surface area contributed by atoms with Gasteiger partial charge in [-0.2, -0.15) is 0 Å². The predicted octanol–water partition coefficient (Wildman–Crippen LogP) is 1.45. The summed E-state index contributed by atoms with van der Waals surface area (Å²) in [4.78, 5) is 11.3. The molecule has 0 aliphatic carbocycles. The summed E-state index contributed by atoms with van der Waals surface area (Å²) in [7, 11) is 1.79. The molecule has 0 aromatic heterocycles. The van der Waals surface area contributed by atoms with E-state index >= 15 is 0 Å². The number of benzene rings is 1. The van der Waals surface area contributed by atoms with Crippen LogP contribution in [0.1, 0.15) is 18.9 Å². The highest BCUT2D eigenvalue weighted by atomic mass is 19.1. The van der Waals surface area contributed by atoms with Gasteiger partial charge in [-0.1, -0.05) is 13.0 Å². The lowest BCUT2D eigenvalue weighted by Crippen LogP contribution is -2.29. The first kappa shape index (κ1) is 14.4. The van der Waals surface area contributed by atoms with Crippen molar-refractivity contribution in [3.63, 3.8) is 0 Å². The van der Waals surface area contributed by atoms with Crippen LogP contribution in [-0.2, 0) is 11.3 Å². The summed E-state index contributed by atoms with van der Waals surface area (Å²) < 4.78 is 18.7. The Morgan fingerprint density at radius 2 is 2.22 bits per heavy atom. The maximum absolute atomic E-state index is 13.6. The number of rotatable bonds is 7. The topological polar surface area (TPSA) is 50.4 Å². The summed E-state index contributed by atoms with van der Waals surface area (Å²) in [6.07, 6.45) is 0.860. The molecule has 0 saturated carbocycles. The van der Waals surface area contributed by atoms with Gasteiger partial charge < -0.3 is 15.4 Å². The fraction of sp³-hybridized carbons (Fsp3) is 0.462. The number of ether oxygens (including phenoxy) is 1. The van der Waals surface area contributed by atoms with Crippen LogP contribution < -0.4 is 15.4 Å². The Hall–Kier alpha value is -1.62. The molecule has 1 aromatic carbocycles. The standard InChI is InChI=1S/C13H19FN2O2/c1-3-6-16-13(17)9-18-12-5-4-10(8-15-2)7-11(12)14/h4-5,7,15H,3,6,8-9H2,1-2H3,(H,16,17). The van der Waals surface area contributed by atoms with Crippen LogP contribution in [0.15, 0.2) is 18.2 Å². The zero-order valence-corrected chi connectivity index (χ0v) is 10.8. The minimum absolute atomic E-state index is 0.0986. The number of carbonyl (C=O) groups is 1. The van der Waals surface area contributed by atoms with E-state index in [-0.39, 0.29) is 18.3 Å². The second kappa shape index (κ2) is 7.66. The van der Waals surface area contributed by atoms with E-state index in [0.717, 1.165) is 12.0 Å². The van der Waals surface area contributed by atoms with E-state index in [0.29, 0.717) is 13.1 Å². The molecule has 1 aromatic rings. The summed E-state index contributed by atoms with van der Waals surface area (Å²) in [5, 5.41) is 5.59. The van der Waals surface area contributed by atoms with Crippen molar-refractivity contribution in [2.75, 3.05) is 20.2 Å². The molecule has 0 aliphatic heterocycles. The molecule has 5 heteroatoms. The molecule has 0 spiro atoms. The Kier molecular flexibility index (Phi) is 6.14. The van der Waals surface area contributed by atoms with Crippen molar-refractivity contribution < 1.29 is 13.9 Å². The lowest BCUT2D eigenvalue weighted by Gasteiger charge is -2.08. The van der Waals surface area contributed by atoms with Crippen LogP contribution in [0, 0.1) is 5.82 Å². The van der Waals surface area contributed by atoms with E-state index in [1.165, 1.54) is 12.1 Å². The molecule has 0 saturated heterocycles. The van der Waals surface area contributed by atoms with Gasteiger partial charge in [0.2, 0.25) is 0 Å². The lowest BCUT2D eigenvalue weighted by atomic mass is 10.2. The van der Waals surface area contributed by atoms with E-state index in [1.807, 2.05) is 6.92 Å². The van der Waals surface area contributed by atoms with Crippen molar-refractivity contribution in [1.82, 2.24) is 10.6 Å². The monoisotopic (exact) mass is 254 g/mol. The molecular formula is C13H19FN2O2. The first-order chi connectivity index (χ1) is 8.67. The van der Waals surface area contributed by atoms with Crippen LogP contribution in [0.4, 0.5) is 4.39 Å². The largest absolute Gasteiger partial charge is 0.481 e. The summed E-state index contributed by atoms with van der Waals surface area (Å²) >= 11 is 0. The van der Waals surface area contributed by atoms with Crippen LogP contribution in [0.25, 0.3) is 0 Å². The van der Waals surface area contributed by atoms with E-state index in [1.54, 1.807) is 13.1 Å². The minimum Gasteiger partial charge on any atom is -0.481 e. The normalized spacial score (nSPS) is 10.2. The average molecular weight is 254 g/mol. The van der Waals surface area contributed by atoms with E-state index in [2.05, 4.69) is 10.6 Å². The maximum atomic E-state index is 13.6. The summed E-state index contributed by atoms with van der Waals surface area (Å²) in [5.41, 5.74) is 0.831. The number of amides is 1. The molecule has 0 aliphatic rings. The highest BCUT2D eigenvalue weighted by Gasteiger charge is 2.07. The van der Waals surface area contributed by atoms with Crippen LogP contribution in [0.3, 0.4) is 0 Å². The lowest BCUT2D eigenvalue weighted by molar-refractivity contribution is -0.123. The number of carbonyl (C=O) groups excluding carboxylic acids is 1. The van der Waals surface area contributed by atoms with Gasteiger partial charge in [-0.3, -0.25) is 4.79 Å². The number of hydrogen-bond donors (Lipinski definition) is 2. The van der Waals surface area contributed by atoms with Crippen molar-refractivity contribution in [1.29, 1.82) is 0 Å². The fourth-order valence-electron chi connectivity index (χ4n) is 1.43. The molecule has 2 N–H and O–H groups in total. The molecule has 1 rings (SSSR count). The third kappa shape index (κ3) is 4.71. The molecule has 0 atom stereocenters.